The number of nitrogens with one attached hydrogen (secondary N) is 2. The molecular formula is C20H21N7O3. The lowest BCUT2D eigenvalue weighted by Gasteiger charge is -2.14. The number of anilines is 4. The summed E-state index contributed by atoms with van der Waals surface area (Å²) in [6, 6.07) is 11.4. The van der Waals surface area contributed by atoms with Gasteiger partial charge in [0.1, 0.15) is 6.33 Å². The van der Waals surface area contributed by atoms with Crippen molar-refractivity contribution in [3.05, 3.63) is 42.7 Å². The number of rotatable bonds is 7. The maximum Gasteiger partial charge on any atom is 0.234 e. The molecule has 0 spiro atoms. The van der Waals surface area contributed by atoms with Crippen molar-refractivity contribution in [3.63, 3.8) is 0 Å². The van der Waals surface area contributed by atoms with Crippen molar-refractivity contribution in [3.8, 4) is 17.2 Å². The quantitative estimate of drug-likeness (QED) is 0.477. The Bertz CT molecular complexity index is 1170. The molecule has 10 heteroatoms. The van der Waals surface area contributed by atoms with Crippen LogP contribution in [0.25, 0.3) is 11.0 Å². The van der Waals surface area contributed by atoms with Gasteiger partial charge in [0.15, 0.2) is 11.5 Å². The van der Waals surface area contributed by atoms with Crippen LogP contribution in [0.1, 0.15) is 0 Å². The molecule has 0 fully saturated rings. The molecule has 2 aromatic carbocycles. The molecule has 154 valence electrons. The summed E-state index contributed by atoms with van der Waals surface area (Å²) in [5.74, 6) is 2.88. The van der Waals surface area contributed by atoms with Crippen LogP contribution in [0.3, 0.4) is 0 Å². The Hall–Kier alpha value is -4.08. The molecule has 0 aliphatic carbocycles. The van der Waals surface area contributed by atoms with E-state index in [0.717, 1.165) is 11.0 Å². The van der Waals surface area contributed by atoms with Gasteiger partial charge >= 0.3 is 0 Å². The number of imidazole rings is 1. The zero-order valence-electron chi connectivity index (χ0n) is 17.0. The summed E-state index contributed by atoms with van der Waals surface area (Å²) in [6.45, 7) is 0. The molecule has 0 amide bonds. The third-order valence-electron chi connectivity index (χ3n) is 4.50. The summed E-state index contributed by atoms with van der Waals surface area (Å²) >= 11 is 0. The van der Waals surface area contributed by atoms with Gasteiger partial charge in [-0.25, -0.2) is 15.0 Å². The van der Waals surface area contributed by atoms with Crippen molar-refractivity contribution in [2.45, 2.75) is 0 Å². The van der Waals surface area contributed by atoms with Crippen LogP contribution in [0.5, 0.6) is 17.2 Å². The second kappa shape index (κ2) is 8.11. The highest BCUT2D eigenvalue weighted by molar-refractivity contribution is 5.79. The van der Waals surface area contributed by atoms with E-state index in [4.69, 9.17) is 14.2 Å². The molecule has 0 bridgehead atoms. The number of fused-ring (bicyclic) bond motifs is 1. The fraction of sp³-hybridized carbons (Fsp3) is 0.200. The number of para-hydroxylation sites is 2. The van der Waals surface area contributed by atoms with Crippen molar-refractivity contribution in [2.75, 3.05) is 32.0 Å². The van der Waals surface area contributed by atoms with E-state index in [2.05, 4.69) is 30.6 Å². The molecule has 0 aliphatic rings. The Morgan fingerprint density at radius 2 is 1.50 bits per heavy atom. The SMILES string of the molecule is COc1cc(Nc2ncnc(Nc3nc4ccccc4n3C)n2)cc(OC)c1OC. The largest absolute Gasteiger partial charge is 0.493 e. The van der Waals surface area contributed by atoms with Crippen LogP contribution in [0.15, 0.2) is 42.7 Å². The highest BCUT2D eigenvalue weighted by Crippen LogP contribution is 2.40. The number of nitrogens with zero attached hydrogens (tertiary/aromatic N) is 5. The minimum Gasteiger partial charge on any atom is -0.493 e. The van der Waals surface area contributed by atoms with Crippen LogP contribution < -0.4 is 24.8 Å². The first kappa shape index (κ1) is 19.2. The van der Waals surface area contributed by atoms with Crippen molar-refractivity contribution in [1.82, 2.24) is 24.5 Å². The molecule has 0 unspecified atom stereocenters. The maximum absolute atomic E-state index is 5.38. The first-order chi connectivity index (χ1) is 14.6. The molecule has 0 radical (unpaired) electrons. The van der Waals surface area contributed by atoms with Gasteiger partial charge in [-0.15, -0.1) is 0 Å². The molecule has 0 aliphatic heterocycles. The minimum atomic E-state index is 0.348. The summed E-state index contributed by atoms with van der Waals surface area (Å²) in [5.41, 5.74) is 2.56. The van der Waals surface area contributed by atoms with E-state index in [1.165, 1.54) is 6.33 Å². The first-order valence-corrected chi connectivity index (χ1v) is 9.07. The lowest BCUT2D eigenvalue weighted by atomic mass is 10.2. The molecule has 0 atom stereocenters. The molecule has 10 nitrogen and oxygen atoms in total. The summed E-state index contributed by atoms with van der Waals surface area (Å²) in [7, 11) is 6.60. The highest BCUT2D eigenvalue weighted by Gasteiger charge is 2.14. The van der Waals surface area contributed by atoms with Crippen LogP contribution in [-0.4, -0.2) is 45.8 Å². The summed E-state index contributed by atoms with van der Waals surface area (Å²) in [6.07, 6.45) is 1.41. The van der Waals surface area contributed by atoms with Gasteiger partial charge in [0.2, 0.25) is 23.6 Å². The predicted molar refractivity (Wildman–Crippen MR) is 113 cm³/mol. The normalized spacial score (nSPS) is 10.7. The average Bonchev–Trinajstić information content (AvgIpc) is 3.08. The Morgan fingerprint density at radius 3 is 2.13 bits per heavy atom. The lowest BCUT2D eigenvalue weighted by Crippen LogP contribution is -2.06. The van der Waals surface area contributed by atoms with Gasteiger partial charge in [0.05, 0.1) is 32.4 Å². The van der Waals surface area contributed by atoms with E-state index in [0.29, 0.717) is 40.8 Å². The second-order valence-corrected chi connectivity index (χ2v) is 6.28. The van der Waals surface area contributed by atoms with Crippen LogP contribution in [0, 0.1) is 0 Å². The van der Waals surface area contributed by atoms with Crippen molar-refractivity contribution in [1.29, 1.82) is 0 Å². The standard InChI is InChI=1S/C20H21N7O3/c1-27-14-8-6-5-7-13(14)24-20(27)26-19-22-11-21-18(25-19)23-12-9-15(28-2)17(30-4)16(10-12)29-3/h5-11H,1-4H3,(H2,21,22,23,24,25,26). The van der Waals surface area contributed by atoms with Crippen LogP contribution in [0.2, 0.25) is 0 Å². The number of aryl methyl sites for hydroxylation is 1. The van der Waals surface area contributed by atoms with E-state index in [1.807, 2.05) is 35.9 Å². The smallest absolute Gasteiger partial charge is 0.234 e. The number of benzene rings is 2. The molecule has 2 N–H and O–H groups in total. The second-order valence-electron chi connectivity index (χ2n) is 6.28. The Kier molecular flexibility index (Phi) is 5.21. The average molecular weight is 407 g/mol. The molecule has 0 saturated heterocycles. The Morgan fingerprint density at radius 1 is 0.833 bits per heavy atom. The zero-order chi connectivity index (χ0) is 21.1. The molecule has 0 saturated carbocycles. The van der Waals surface area contributed by atoms with Crippen molar-refractivity contribution >= 4 is 34.6 Å². The Labute approximate surface area is 172 Å². The maximum atomic E-state index is 5.38. The monoisotopic (exact) mass is 407 g/mol. The molecule has 30 heavy (non-hydrogen) atoms. The summed E-state index contributed by atoms with van der Waals surface area (Å²) < 4.78 is 18.0. The summed E-state index contributed by atoms with van der Waals surface area (Å²) in [4.78, 5) is 17.4. The zero-order valence-corrected chi connectivity index (χ0v) is 17.0. The van der Waals surface area contributed by atoms with Gasteiger partial charge in [0.25, 0.3) is 0 Å². The number of hydrogen-bond donors (Lipinski definition) is 2. The molecule has 4 aromatic rings. The van der Waals surface area contributed by atoms with E-state index in [9.17, 15) is 0 Å². The molecule has 2 heterocycles. The van der Waals surface area contributed by atoms with Crippen LogP contribution in [0.4, 0.5) is 23.5 Å². The van der Waals surface area contributed by atoms with E-state index in [-0.39, 0.29) is 0 Å². The van der Waals surface area contributed by atoms with Gasteiger partial charge in [-0.1, -0.05) is 12.1 Å². The van der Waals surface area contributed by atoms with Gasteiger partial charge in [-0.05, 0) is 12.1 Å². The third kappa shape index (κ3) is 3.62. The fourth-order valence-corrected chi connectivity index (χ4v) is 3.06. The van der Waals surface area contributed by atoms with Gasteiger partial charge < -0.3 is 24.1 Å². The van der Waals surface area contributed by atoms with Crippen LogP contribution in [-0.2, 0) is 7.05 Å². The number of aromatic nitrogens is 5. The van der Waals surface area contributed by atoms with Gasteiger partial charge in [-0.2, -0.15) is 4.98 Å². The van der Waals surface area contributed by atoms with E-state index in [1.54, 1.807) is 33.5 Å². The van der Waals surface area contributed by atoms with Gasteiger partial charge in [0, 0.05) is 24.9 Å². The van der Waals surface area contributed by atoms with E-state index >= 15 is 0 Å². The fourth-order valence-electron chi connectivity index (χ4n) is 3.06. The topological polar surface area (TPSA) is 108 Å². The number of methoxy groups -OCH3 is 3. The molecule has 2 aromatic heterocycles. The lowest BCUT2D eigenvalue weighted by molar-refractivity contribution is 0.324. The first-order valence-electron chi connectivity index (χ1n) is 9.07. The van der Waals surface area contributed by atoms with Crippen LogP contribution >= 0.6 is 0 Å². The highest BCUT2D eigenvalue weighted by atomic mass is 16.5. The Balaban J connectivity index is 1.60. The van der Waals surface area contributed by atoms with Crippen molar-refractivity contribution < 1.29 is 14.2 Å². The summed E-state index contributed by atoms with van der Waals surface area (Å²) in [5, 5.41) is 6.26. The predicted octanol–water partition coefficient (Wildman–Crippen LogP) is 3.27. The minimum absolute atomic E-state index is 0.348. The number of ether oxygens (including phenoxy) is 3. The van der Waals surface area contributed by atoms with Crippen molar-refractivity contribution in [2.24, 2.45) is 7.05 Å². The molecular weight excluding hydrogens is 386 g/mol. The van der Waals surface area contributed by atoms with Gasteiger partial charge in [-0.3, -0.25) is 5.32 Å². The third-order valence-corrected chi connectivity index (χ3v) is 4.50. The number of hydrogen-bond acceptors (Lipinski definition) is 9. The van der Waals surface area contributed by atoms with E-state index < -0.39 is 0 Å². The molecule has 4 rings (SSSR count).